The number of rotatable bonds is 0. The lowest BCUT2D eigenvalue weighted by Crippen LogP contribution is -1.92. The molecule has 3 nitrogen and oxygen atoms in total. The van der Waals surface area contributed by atoms with E-state index in [0.717, 1.165) is 5.69 Å². The molecule has 52 valence electrons. The second-order valence-electron chi connectivity index (χ2n) is 1.91. The van der Waals surface area contributed by atoms with Gasteiger partial charge in [0.15, 0.2) is 0 Å². The number of H-pyrrole nitrogens is 1. The minimum Gasteiger partial charge on any atom is -0.381 e. The number of hydrogen-bond acceptors (Lipinski definition) is 2. The summed E-state index contributed by atoms with van der Waals surface area (Å²) in [5, 5.41) is 8.74. The summed E-state index contributed by atoms with van der Waals surface area (Å²) in [5.41, 5.74) is 0.723. The maximum Gasteiger partial charge on any atom is 0.112 e. The van der Waals surface area contributed by atoms with Crippen molar-refractivity contribution in [3.63, 3.8) is 0 Å². The first-order chi connectivity index (χ1) is 4.79. The van der Waals surface area contributed by atoms with E-state index < -0.39 is 6.10 Å². The van der Waals surface area contributed by atoms with Crippen molar-refractivity contribution in [2.75, 3.05) is 0 Å². The van der Waals surface area contributed by atoms with Crippen molar-refractivity contribution >= 4 is 0 Å². The first-order valence-corrected chi connectivity index (χ1v) is 2.97. The largest absolute Gasteiger partial charge is 0.381 e. The predicted molar refractivity (Wildman–Crippen MR) is 37.1 cm³/mol. The van der Waals surface area contributed by atoms with Gasteiger partial charge in [0.25, 0.3) is 0 Å². The van der Waals surface area contributed by atoms with Crippen molar-refractivity contribution in [1.82, 2.24) is 9.97 Å². The zero-order valence-electron chi connectivity index (χ0n) is 5.63. The summed E-state index contributed by atoms with van der Waals surface area (Å²) in [6.45, 7) is 1.61. The molecule has 1 unspecified atom stereocenters. The molecule has 1 aromatic heterocycles. The number of aromatic amines is 1. The molecule has 1 heterocycles. The SMILES string of the molecule is CC(O)C#Cc1cnc[nH]1. The van der Waals surface area contributed by atoms with Crippen LogP contribution in [0.2, 0.25) is 0 Å². The molecule has 3 heteroatoms. The molecule has 1 aromatic rings. The number of imidazole rings is 1. The monoisotopic (exact) mass is 136 g/mol. The fourth-order valence-corrected chi connectivity index (χ4v) is 0.506. The minimum atomic E-state index is -0.580. The van der Waals surface area contributed by atoms with Gasteiger partial charge in [0.05, 0.1) is 12.5 Å². The van der Waals surface area contributed by atoms with Gasteiger partial charge in [-0.3, -0.25) is 0 Å². The summed E-state index contributed by atoms with van der Waals surface area (Å²) in [6, 6.07) is 0. The van der Waals surface area contributed by atoms with Crippen LogP contribution in [0.15, 0.2) is 12.5 Å². The molecular formula is C7H8N2O. The quantitative estimate of drug-likeness (QED) is 0.498. The van der Waals surface area contributed by atoms with E-state index >= 15 is 0 Å². The van der Waals surface area contributed by atoms with E-state index in [1.807, 2.05) is 0 Å². The van der Waals surface area contributed by atoms with Crippen LogP contribution < -0.4 is 0 Å². The number of aliphatic hydroxyl groups excluding tert-OH is 1. The van der Waals surface area contributed by atoms with Gasteiger partial charge in [0.2, 0.25) is 0 Å². The molecular weight excluding hydrogens is 128 g/mol. The molecule has 0 spiro atoms. The third kappa shape index (κ3) is 1.92. The van der Waals surface area contributed by atoms with Gasteiger partial charge < -0.3 is 10.1 Å². The molecule has 2 N–H and O–H groups in total. The Morgan fingerprint density at radius 1 is 1.80 bits per heavy atom. The molecule has 0 aliphatic rings. The molecule has 0 aromatic carbocycles. The number of aliphatic hydroxyl groups is 1. The van der Waals surface area contributed by atoms with Gasteiger partial charge in [0.1, 0.15) is 11.8 Å². The van der Waals surface area contributed by atoms with Crippen molar-refractivity contribution < 1.29 is 5.11 Å². The van der Waals surface area contributed by atoms with Gasteiger partial charge in [-0.05, 0) is 12.8 Å². The van der Waals surface area contributed by atoms with Gasteiger partial charge >= 0.3 is 0 Å². The molecule has 0 amide bonds. The Hall–Kier alpha value is -1.27. The number of nitrogens with zero attached hydrogens (tertiary/aromatic N) is 1. The second-order valence-corrected chi connectivity index (χ2v) is 1.91. The number of hydrogen-bond donors (Lipinski definition) is 2. The Morgan fingerprint density at radius 2 is 2.60 bits per heavy atom. The second kappa shape index (κ2) is 3.04. The lowest BCUT2D eigenvalue weighted by atomic mass is 10.4. The van der Waals surface area contributed by atoms with Crippen LogP contribution in [0.3, 0.4) is 0 Å². The van der Waals surface area contributed by atoms with E-state index in [-0.39, 0.29) is 0 Å². The van der Waals surface area contributed by atoms with Gasteiger partial charge in [-0.25, -0.2) is 4.98 Å². The maximum absolute atomic E-state index is 8.74. The molecule has 0 fully saturated rings. The molecule has 1 atom stereocenters. The number of nitrogens with one attached hydrogen (secondary N) is 1. The molecule has 0 saturated heterocycles. The summed E-state index contributed by atoms with van der Waals surface area (Å²) in [7, 11) is 0. The van der Waals surface area contributed by atoms with Crippen LogP contribution in [0.25, 0.3) is 0 Å². The molecule has 10 heavy (non-hydrogen) atoms. The molecule has 0 aliphatic heterocycles. The third-order valence-corrected chi connectivity index (χ3v) is 0.914. The van der Waals surface area contributed by atoms with Crippen LogP contribution in [0.4, 0.5) is 0 Å². The zero-order valence-corrected chi connectivity index (χ0v) is 5.63. The highest BCUT2D eigenvalue weighted by Gasteiger charge is 1.85. The summed E-state index contributed by atoms with van der Waals surface area (Å²) in [6.07, 6.45) is 2.57. The van der Waals surface area contributed by atoms with E-state index in [4.69, 9.17) is 5.11 Å². The third-order valence-electron chi connectivity index (χ3n) is 0.914. The first kappa shape index (κ1) is 6.84. The summed E-state index contributed by atoms with van der Waals surface area (Å²) >= 11 is 0. The van der Waals surface area contributed by atoms with Crippen molar-refractivity contribution in [2.24, 2.45) is 0 Å². The molecule has 1 rings (SSSR count). The number of aromatic nitrogens is 2. The first-order valence-electron chi connectivity index (χ1n) is 2.97. The smallest absolute Gasteiger partial charge is 0.112 e. The fraction of sp³-hybridized carbons (Fsp3) is 0.286. The highest BCUT2D eigenvalue weighted by atomic mass is 16.3. The van der Waals surface area contributed by atoms with Crippen LogP contribution in [-0.4, -0.2) is 21.2 Å². The Kier molecular flexibility index (Phi) is 2.08. The van der Waals surface area contributed by atoms with Crippen molar-refractivity contribution in [3.8, 4) is 11.8 Å². The Balaban J connectivity index is 2.66. The predicted octanol–water partition coefficient (Wildman–Crippen LogP) is 0.142. The topological polar surface area (TPSA) is 48.9 Å². The highest BCUT2D eigenvalue weighted by molar-refractivity contribution is 5.25. The standard InChI is InChI=1S/C7H8N2O/c1-6(10)2-3-7-4-8-5-9-7/h4-6,10H,1H3,(H,8,9). The normalized spacial score (nSPS) is 11.8. The highest BCUT2D eigenvalue weighted by Crippen LogP contribution is 1.85. The van der Waals surface area contributed by atoms with E-state index in [1.54, 1.807) is 19.4 Å². The van der Waals surface area contributed by atoms with E-state index in [0.29, 0.717) is 0 Å². The Bertz CT molecular complexity index is 240. The zero-order chi connectivity index (χ0) is 7.40. The van der Waals surface area contributed by atoms with Crippen molar-refractivity contribution in [2.45, 2.75) is 13.0 Å². The van der Waals surface area contributed by atoms with Gasteiger partial charge in [-0.15, -0.1) is 0 Å². The Morgan fingerprint density at radius 3 is 3.10 bits per heavy atom. The van der Waals surface area contributed by atoms with Crippen molar-refractivity contribution in [3.05, 3.63) is 18.2 Å². The van der Waals surface area contributed by atoms with Crippen LogP contribution in [0.1, 0.15) is 12.6 Å². The average Bonchev–Trinajstić information content (AvgIpc) is 2.34. The van der Waals surface area contributed by atoms with Crippen LogP contribution in [-0.2, 0) is 0 Å². The van der Waals surface area contributed by atoms with Gasteiger partial charge in [-0.1, -0.05) is 5.92 Å². The Labute approximate surface area is 59.1 Å². The summed E-state index contributed by atoms with van der Waals surface area (Å²) in [4.78, 5) is 6.56. The minimum absolute atomic E-state index is 0.580. The summed E-state index contributed by atoms with van der Waals surface area (Å²) < 4.78 is 0. The maximum atomic E-state index is 8.74. The van der Waals surface area contributed by atoms with Crippen LogP contribution >= 0.6 is 0 Å². The van der Waals surface area contributed by atoms with Gasteiger partial charge in [-0.2, -0.15) is 0 Å². The molecule has 0 saturated carbocycles. The lowest BCUT2D eigenvalue weighted by Gasteiger charge is -1.85. The van der Waals surface area contributed by atoms with E-state index in [2.05, 4.69) is 21.8 Å². The average molecular weight is 136 g/mol. The van der Waals surface area contributed by atoms with Crippen LogP contribution in [0, 0.1) is 11.8 Å². The lowest BCUT2D eigenvalue weighted by molar-refractivity contribution is 0.253. The molecule has 0 aliphatic carbocycles. The molecule has 0 radical (unpaired) electrons. The van der Waals surface area contributed by atoms with E-state index in [1.165, 1.54) is 0 Å². The molecule has 0 bridgehead atoms. The fourth-order valence-electron chi connectivity index (χ4n) is 0.506. The summed E-state index contributed by atoms with van der Waals surface area (Å²) in [5.74, 6) is 5.29. The van der Waals surface area contributed by atoms with Crippen molar-refractivity contribution in [1.29, 1.82) is 0 Å². The van der Waals surface area contributed by atoms with Crippen LogP contribution in [0.5, 0.6) is 0 Å². The van der Waals surface area contributed by atoms with Gasteiger partial charge in [0, 0.05) is 0 Å². The van der Waals surface area contributed by atoms with E-state index in [9.17, 15) is 0 Å².